The molecule has 0 aliphatic rings. The van der Waals surface area contributed by atoms with Gasteiger partial charge in [-0.3, -0.25) is 0 Å². The van der Waals surface area contributed by atoms with Gasteiger partial charge in [-0.15, -0.1) is 0 Å². The zero-order chi connectivity index (χ0) is 14.6. The molecule has 0 unspecified atom stereocenters. The third-order valence-corrected chi connectivity index (χ3v) is 2.61. The van der Waals surface area contributed by atoms with Crippen molar-refractivity contribution in [3.63, 3.8) is 0 Å². The van der Waals surface area contributed by atoms with Crippen molar-refractivity contribution >= 4 is 0 Å². The van der Waals surface area contributed by atoms with Crippen molar-refractivity contribution in [1.29, 1.82) is 0 Å². The molecule has 0 amide bonds. The summed E-state index contributed by atoms with van der Waals surface area (Å²) in [6, 6.07) is 5.97. The Morgan fingerprint density at radius 3 is 2.50 bits per heavy atom. The number of hydrogen-bond acceptors (Lipinski definition) is 5. The van der Waals surface area contributed by atoms with E-state index >= 15 is 0 Å². The molecule has 0 aliphatic carbocycles. The number of ether oxygens (including phenoxy) is 4. The Morgan fingerprint density at radius 2 is 1.80 bits per heavy atom. The first kappa shape index (κ1) is 16.8. The molecular weight excluding hydrogens is 258 g/mol. The molecule has 5 nitrogen and oxygen atoms in total. The van der Waals surface area contributed by atoms with Crippen LogP contribution in [-0.2, 0) is 16.0 Å². The van der Waals surface area contributed by atoms with E-state index in [0.717, 1.165) is 18.0 Å². The van der Waals surface area contributed by atoms with Crippen LogP contribution in [0.15, 0.2) is 18.2 Å². The smallest absolute Gasteiger partial charge is 0.161 e. The lowest BCUT2D eigenvalue weighted by Crippen LogP contribution is -2.11. The molecule has 0 aliphatic heterocycles. The van der Waals surface area contributed by atoms with Gasteiger partial charge in [0.25, 0.3) is 0 Å². The summed E-state index contributed by atoms with van der Waals surface area (Å²) in [5, 5.41) is 3.12. The van der Waals surface area contributed by atoms with Crippen LogP contribution in [0.5, 0.6) is 11.5 Å². The Labute approximate surface area is 121 Å². The molecule has 20 heavy (non-hydrogen) atoms. The molecule has 0 spiro atoms. The fraction of sp³-hybridized carbons (Fsp3) is 0.600. The average molecular weight is 283 g/mol. The highest BCUT2D eigenvalue weighted by Crippen LogP contribution is 2.28. The van der Waals surface area contributed by atoms with Gasteiger partial charge in [0.15, 0.2) is 11.5 Å². The summed E-state index contributed by atoms with van der Waals surface area (Å²) < 4.78 is 21.6. The molecule has 0 heterocycles. The fourth-order valence-electron chi connectivity index (χ4n) is 1.71. The molecule has 0 radical (unpaired) electrons. The second kappa shape index (κ2) is 10.5. The summed E-state index contributed by atoms with van der Waals surface area (Å²) in [5.74, 6) is 1.53. The van der Waals surface area contributed by atoms with Crippen molar-refractivity contribution in [2.24, 2.45) is 0 Å². The van der Waals surface area contributed by atoms with Gasteiger partial charge in [-0.2, -0.15) is 0 Å². The van der Waals surface area contributed by atoms with Crippen LogP contribution in [-0.4, -0.2) is 47.2 Å². The average Bonchev–Trinajstić information content (AvgIpc) is 2.45. The number of nitrogens with one attached hydrogen (secondary N) is 1. The minimum absolute atomic E-state index is 0.495. The lowest BCUT2D eigenvalue weighted by molar-refractivity contribution is 0.0539. The monoisotopic (exact) mass is 283 g/mol. The summed E-state index contributed by atoms with van der Waals surface area (Å²) in [4.78, 5) is 0. The lowest BCUT2D eigenvalue weighted by Gasteiger charge is -2.13. The topological polar surface area (TPSA) is 49.0 Å². The van der Waals surface area contributed by atoms with Crippen LogP contribution in [0.3, 0.4) is 0 Å². The standard InChI is InChI=1S/C15H25NO4/c1-4-19-15-11-13(12-16-2)5-6-14(15)20-10-9-18-8-7-17-3/h5-6,11,16H,4,7-10,12H2,1-3H3. The molecule has 1 aromatic rings. The number of methoxy groups -OCH3 is 1. The number of benzene rings is 1. The third-order valence-electron chi connectivity index (χ3n) is 2.61. The highest BCUT2D eigenvalue weighted by Gasteiger charge is 2.06. The van der Waals surface area contributed by atoms with Crippen LogP contribution < -0.4 is 14.8 Å². The second-order valence-electron chi connectivity index (χ2n) is 4.20. The molecule has 0 atom stereocenters. The maximum atomic E-state index is 5.69. The van der Waals surface area contributed by atoms with Crippen LogP contribution >= 0.6 is 0 Å². The van der Waals surface area contributed by atoms with E-state index in [1.165, 1.54) is 5.56 Å². The normalized spacial score (nSPS) is 10.6. The predicted octanol–water partition coefficient (Wildman–Crippen LogP) is 1.85. The third kappa shape index (κ3) is 6.23. The Balaban J connectivity index is 2.46. The van der Waals surface area contributed by atoms with Gasteiger partial charge in [0, 0.05) is 13.7 Å². The second-order valence-corrected chi connectivity index (χ2v) is 4.20. The van der Waals surface area contributed by atoms with E-state index in [0.29, 0.717) is 33.0 Å². The van der Waals surface area contributed by atoms with E-state index in [-0.39, 0.29) is 0 Å². The molecule has 0 saturated heterocycles. The first-order valence-electron chi connectivity index (χ1n) is 6.91. The van der Waals surface area contributed by atoms with E-state index in [9.17, 15) is 0 Å². The first-order chi connectivity index (χ1) is 9.81. The molecule has 5 heteroatoms. The fourth-order valence-corrected chi connectivity index (χ4v) is 1.71. The Hall–Kier alpha value is -1.30. The molecular formula is C15H25NO4. The molecule has 0 aromatic heterocycles. The van der Waals surface area contributed by atoms with Gasteiger partial charge in [0.1, 0.15) is 6.61 Å². The SMILES string of the molecule is CCOc1cc(CNC)ccc1OCCOCCOC. The van der Waals surface area contributed by atoms with Crippen molar-refractivity contribution in [1.82, 2.24) is 5.32 Å². The number of rotatable bonds is 11. The predicted molar refractivity (Wildman–Crippen MR) is 78.6 cm³/mol. The summed E-state index contributed by atoms with van der Waals surface area (Å²) in [7, 11) is 3.57. The largest absolute Gasteiger partial charge is 0.490 e. The van der Waals surface area contributed by atoms with Gasteiger partial charge in [-0.1, -0.05) is 6.07 Å². The molecule has 0 bridgehead atoms. The highest BCUT2D eigenvalue weighted by atomic mass is 16.5. The van der Waals surface area contributed by atoms with Crippen LogP contribution in [0, 0.1) is 0 Å². The van der Waals surface area contributed by atoms with Gasteiger partial charge < -0.3 is 24.3 Å². The van der Waals surface area contributed by atoms with Gasteiger partial charge in [-0.25, -0.2) is 0 Å². The quantitative estimate of drug-likeness (QED) is 0.628. The molecule has 0 fully saturated rings. The molecule has 1 rings (SSSR count). The van der Waals surface area contributed by atoms with Gasteiger partial charge in [-0.05, 0) is 31.7 Å². The van der Waals surface area contributed by atoms with Crippen LogP contribution in [0.2, 0.25) is 0 Å². The van der Waals surface area contributed by atoms with Gasteiger partial charge >= 0.3 is 0 Å². The van der Waals surface area contributed by atoms with E-state index in [4.69, 9.17) is 18.9 Å². The summed E-state index contributed by atoms with van der Waals surface area (Å²) in [6.45, 7) is 5.59. The van der Waals surface area contributed by atoms with E-state index in [1.54, 1.807) is 7.11 Å². The molecule has 1 N–H and O–H groups in total. The maximum Gasteiger partial charge on any atom is 0.161 e. The van der Waals surface area contributed by atoms with Gasteiger partial charge in [0.05, 0.1) is 26.4 Å². The summed E-state index contributed by atoms with van der Waals surface area (Å²) in [6.07, 6.45) is 0. The molecule has 114 valence electrons. The van der Waals surface area contributed by atoms with Gasteiger partial charge in [0.2, 0.25) is 0 Å². The maximum absolute atomic E-state index is 5.69. The van der Waals surface area contributed by atoms with Crippen molar-refractivity contribution < 1.29 is 18.9 Å². The molecule has 1 aromatic carbocycles. The molecule has 0 saturated carbocycles. The zero-order valence-electron chi connectivity index (χ0n) is 12.6. The zero-order valence-corrected chi connectivity index (χ0v) is 12.6. The minimum Gasteiger partial charge on any atom is -0.490 e. The van der Waals surface area contributed by atoms with E-state index < -0.39 is 0 Å². The van der Waals surface area contributed by atoms with Crippen molar-refractivity contribution in [2.45, 2.75) is 13.5 Å². The first-order valence-corrected chi connectivity index (χ1v) is 6.91. The minimum atomic E-state index is 0.495. The summed E-state index contributed by atoms with van der Waals surface area (Å²) >= 11 is 0. The van der Waals surface area contributed by atoms with Crippen LogP contribution in [0.4, 0.5) is 0 Å². The highest BCUT2D eigenvalue weighted by molar-refractivity contribution is 5.43. The van der Waals surface area contributed by atoms with Crippen molar-refractivity contribution in [3.05, 3.63) is 23.8 Å². The Morgan fingerprint density at radius 1 is 1.00 bits per heavy atom. The van der Waals surface area contributed by atoms with Crippen LogP contribution in [0.25, 0.3) is 0 Å². The lowest BCUT2D eigenvalue weighted by atomic mass is 10.2. The van der Waals surface area contributed by atoms with Crippen molar-refractivity contribution in [3.8, 4) is 11.5 Å². The summed E-state index contributed by atoms with van der Waals surface area (Å²) in [5.41, 5.74) is 1.17. The van der Waals surface area contributed by atoms with Crippen LogP contribution in [0.1, 0.15) is 12.5 Å². The number of hydrogen-bond donors (Lipinski definition) is 1. The van der Waals surface area contributed by atoms with E-state index in [1.807, 2.05) is 32.2 Å². The Kier molecular flexibility index (Phi) is 8.78. The Bertz CT molecular complexity index is 371. The van der Waals surface area contributed by atoms with Crippen molar-refractivity contribution in [2.75, 3.05) is 47.2 Å². The van der Waals surface area contributed by atoms with E-state index in [2.05, 4.69) is 5.32 Å².